The summed E-state index contributed by atoms with van der Waals surface area (Å²) < 4.78 is 25.4. The first kappa shape index (κ1) is 13.1. The van der Waals surface area contributed by atoms with Gasteiger partial charge in [-0.3, -0.25) is 0 Å². The molecule has 2 aromatic rings. The van der Waals surface area contributed by atoms with Crippen LogP contribution in [0, 0.1) is 0 Å². The third kappa shape index (κ3) is 2.14. The number of fused-ring (bicyclic) bond motifs is 1. The Kier molecular flexibility index (Phi) is 3.43. The van der Waals surface area contributed by atoms with Crippen LogP contribution in [0.2, 0.25) is 0 Å². The monoisotopic (exact) mass is 268 g/mol. The van der Waals surface area contributed by atoms with Crippen molar-refractivity contribution < 1.29 is 14.2 Å². The first-order chi connectivity index (χ1) is 8.46. The predicted octanol–water partition coefficient (Wildman–Crippen LogP) is 0.203. The topological polar surface area (TPSA) is 80.8 Å². The largest absolute Gasteiger partial charge is 0.361 e. The maximum absolute atomic E-state index is 12.1. The van der Waals surface area contributed by atoms with Crippen LogP contribution in [-0.2, 0) is 16.4 Å². The van der Waals surface area contributed by atoms with Crippen LogP contribution in [-0.4, -0.2) is 38.3 Å². The fraction of sp³-hybridized carbons (Fsp3) is 0.333. The van der Waals surface area contributed by atoms with Gasteiger partial charge in [0.1, 0.15) is 0 Å². The number of H-pyrrole nitrogens is 1. The molecule has 0 atom stereocenters. The van der Waals surface area contributed by atoms with Gasteiger partial charge in [-0.25, -0.2) is 12.7 Å². The molecular weight excluding hydrogens is 250 g/mol. The van der Waals surface area contributed by atoms with Gasteiger partial charge in [0.2, 0.25) is 10.0 Å². The standard InChI is InChI=1S/C12H17N3O2S/c1-15(2)18(16,17)10-3-4-12-11(7-10)9(5-6-13)8-14-12/h3-4,7-8,14H,5-6,13H2,1-2H3/p+1. The van der Waals surface area contributed by atoms with Gasteiger partial charge in [-0.15, -0.1) is 0 Å². The van der Waals surface area contributed by atoms with Crippen molar-refractivity contribution >= 4 is 20.9 Å². The summed E-state index contributed by atoms with van der Waals surface area (Å²) in [6.45, 7) is 0.789. The van der Waals surface area contributed by atoms with E-state index in [-0.39, 0.29) is 0 Å². The Balaban J connectivity index is 2.59. The molecule has 98 valence electrons. The van der Waals surface area contributed by atoms with Gasteiger partial charge in [-0.05, 0) is 23.8 Å². The summed E-state index contributed by atoms with van der Waals surface area (Å²) in [7, 11) is -0.304. The smallest absolute Gasteiger partial charge is 0.242 e. The van der Waals surface area contributed by atoms with Crippen molar-refractivity contribution in [3.05, 3.63) is 30.0 Å². The first-order valence-corrected chi connectivity index (χ1v) is 7.22. The molecule has 1 heterocycles. The van der Waals surface area contributed by atoms with Gasteiger partial charge in [0.25, 0.3) is 0 Å². The highest BCUT2D eigenvalue weighted by atomic mass is 32.2. The van der Waals surface area contributed by atoms with Gasteiger partial charge in [-0.1, -0.05) is 0 Å². The highest BCUT2D eigenvalue weighted by molar-refractivity contribution is 7.89. The summed E-state index contributed by atoms with van der Waals surface area (Å²) in [5, 5.41) is 0.960. The predicted molar refractivity (Wildman–Crippen MR) is 70.6 cm³/mol. The molecule has 0 radical (unpaired) electrons. The van der Waals surface area contributed by atoms with Crippen molar-refractivity contribution in [1.82, 2.24) is 9.29 Å². The Morgan fingerprint density at radius 1 is 1.33 bits per heavy atom. The number of nitrogens with one attached hydrogen (secondary N) is 1. The average Bonchev–Trinajstić information content (AvgIpc) is 2.72. The number of rotatable bonds is 4. The lowest BCUT2D eigenvalue weighted by Gasteiger charge is -2.11. The van der Waals surface area contributed by atoms with Gasteiger partial charge in [0, 0.05) is 37.6 Å². The number of aromatic amines is 1. The summed E-state index contributed by atoms with van der Waals surface area (Å²) in [4.78, 5) is 3.47. The summed E-state index contributed by atoms with van der Waals surface area (Å²) >= 11 is 0. The van der Waals surface area contributed by atoms with Crippen molar-refractivity contribution in [2.24, 2.45) is 0 Å². The molecule has 0 amide bonds. The van der Waals surface area contributed by atoms with Crippen LogP contribution in [0.3, 0.4) is 0 Å². The Labute approximate surface area is 107 Å². The Hall–Kier alpha value is -1.37. The number of nitrogens with zero attached hydrogens (tertiary/aromatic N) is 1. The molecule has 18 heavy (non-hydrogen) atoms. The van der Waals surface area contributed by atoms with E-state index in [4.69, 9.17) is 0 Å². The minimum atomic E-state index is -3.37. The Morgan fingerprint density at radius 2 is 2.06 bits per heavy atom. The van der Waals surface area contributed by atoms with E-state index < -0.39 is 10.0 Å². The van der Waals surface area contributed by atoms with E-state index in [1.807, 2.05) is 6.20 Å². The molecule has 6 heteroatoms. The van der Waals surface area contributed by atoms with E-state index in [1.165, 1.54) is 18.4 Å². The zero-order chi connectivity index (χ0) is 13.3. The molecule has 2 rings (SSSR count). The molecule has 0 aliphatic heterocycles. The second kappa shape index (κ2) is 4.72. The summed E-state index contributed by atoms with van der Waals surface area (Å²) in [6, 6.07) is 5.16. The molecule has 0 unspecified atom stereocenters. The van der Waals surface area contributed by atoms with Crippen molar-refractivity contribution in [1.29, 1.82) is 0 Å². The van der Waals surface area contributed by atoms with Gasteiger partial charge in [-0.2, -0.15) is 0 Å². The highest BCUT2D eigenvalue weighted by Crippen LogP contribution is 2.23. The van der Waals surface area contributed by atoms with Crippen LogP contribution in [0.25, 0.3) is 10.9 Å². The number of hydrogen-bond donors (Lipinski definition) is 2. The Morgan fingerprint density at radius 3 is 2.67 bits per heavy atom. The van der Waals surface area contributed by atoms with Gasteiger partial charge in [0.15, 0.2) is 0 Å². The van der Waals surface area contributed by atoms with Crippen molar-refractivity contribution in [2.75, 3.05) is 20.6 Å². The number of benzene rings is 1. The molecule has 1 aromatic heterocycles. The lowest BCUT2D eigenvalue weighted by molar-refractivity contribution is -0.366. The minimum Gasteiger partial charge on any atom is -0.361 e. The summed E-state index contributed by atoms with van der Waals surface area (Å²) in [5.74, 6) is 0. The van der Waals surface area contributed by atoms with Gasteiger partial charge < -0.3 is 10.7 Å². The SMILES string of the molecule is CN(C)S(=O)(=O)c1ccc2[nH]cc(CC[NH3+])c2c1. The number of sulfonamides is 1. The highest BCUT2D eigenvalue weighted by Gasteiger charge is 2.18. The normalized spacial score (nSPS) is 12.4. The lowest BCUT2D eigenvalue weighted by Crippen LogP contribution is -2.51. The third-order valence-electron chi connectivity index (χ3n) is 2.96. The van der Waals surface area contributed by atoms with Crippen molar-refractivity contribution in [3.8, 4) is 0 Å². The number of quaternary nitrogens is 1. The van der Waals surface area contributed by atoms with Crippen LogP contribution < -0.4 is 5.73 Å². The Bertz CT molecular complexity index is 659. The maximum Gasteiger partial charge on any atom is 0.242 e. The zero-order valence-corrected chi connectivity index (χ0v) is 11.4. The lowest BCUT2D eigenvalue weighted by atomic mass is 10.1. The van der Waals surface area contributed by atoms with E-state index in [9.17, 15) is 8.42 Å². The van der Waals surface area contributed by atoms with Crippen LogP contribution in [0.4, 0.5) is 0 Å². The van der Waals surface area contributed by atoms with E-state index in [0.717, 1.165) is 29.4 Å². The fourth-order valence-electron chi connectivity index (χ4n) is 1.93. The van der Waals surface area contributed by atoms with E-state index >= 15 is 0 Å². The van der Waals surface area contributed by atoms with Crippen LogP contribution >= 0.6 is 0 Å². The average molecular weight is 268 g/mol. The number of hydrogen-bond acceptors (Lipinski definition) is 2. The molecular formula is C12H18N3O2S+. The fourth-order valence-corrected chi connectivity index (χ4v) is 2.85. The van der Waals surface area contributed by atoms with Crippen molar-refractivity contribution in [3.63, 3.8) is 0 Å². The molecule has 0 bridgehead atoms. The molecule has 4 N–H and O–H groups in total. The molecule has 0 aliphatic carbocycles. The molecule has 5 nitrogen and oxygen atoms in total. The molecule has 0 fully saturated rings. The quantitative estimate of drug-likeness (QED) is 0.830. The van der Waals surface area contributed by atoms with Crippen LogP contribution in [0.1, 0.15) is 5.56 Å². The second-order valence-corrected chi connectivity index (χ2v) is 6.56. The first-order valence-electron chi connectivity index (χ1n) is 5.78. The molecule has 0 spiro atoms. The van der Waals surface area contributed by atoms with E-state index in [1.54, 1.807) is 18.2 Å². The minimum absolute atomic E-state index is 0.324. The molecule has 0 aliphatic rings. The molecule has 0 saturated heterocycles. The van der Waals surface area contributed by atoms with E-state index in [2.05, 4.69) is 10.7 Å². The van der Waals surface area contributed by atoms with E-state index in [0.29, 0.717) is 4.90 Å². The summed E-state index contributed by atoms with van der Waals surface area (Å²) in [5.41, 5.74) is 5.89. The summed E-state index contributed by atoms with van der Waals surface area (Å²) in [6.07, 6.45) is 2.76. The van der Waals surface area contributed by atoms with Crippen molar-refractivity contribution in [2.45, 2.75) is 11.3 Å². The van der Waals surface area contributed by atoms with Crippen LogP contribution in [0.5, 0.6) is 0 Å². The maximum atomic E-state index is 12.1. The second-order valence-electron chi connectivity index (χ2n) is 4.41. The number of aromatic nitrogens is 1. The van der Waals surface area contributed by atoms with Gasteiger partial charge in [0.05, 0.1) is 11.4 Å². The zero-order valence-electron chi connectivity index (χ0n) is 10.6. The van der Waals surface area contributed by atoms with Crippen LogP contribution in [0.15, 0.2) is 29.3 Å². The van der Waals surface area contributed by atoms with Gasteiger partial charge >= 0.3 is 0 Å². The molecule has 1 aromatic carbocycles. The third-order valence-corrected chi connectivity index (χ3v) is 4.77. The molecule has 0 saturated carbocycles.